The van der Waals surface area contributed by atoms with Gasteiger partial charge in [-0.15, -0.1) is 0 Å². The molecule has 3 saturated heterocycles. The Morgan fingerprint density at radius 2 is 1.83 bits per heavy atom. The molecule has 5 rings (SSSR count). The molecule has 2 bridgehead atoms. The summed E-state index contributed by atoms with van der Waals surface area (Å²) in [6.07, 6.45) is 11.0. The maximum absolute atomic E-state index is 14.3. The molecule has 0 radical (unpaired) electrons. The molecule has 4 aliphatic heterocycles. The van der Waals surface area contributed by atoms with E-state index >= 15 is 0 Å². The number of hydrogen-bond donors (Lipinski definition) is 2. The number of ether oxygens (including phenoxy) is 4. The zero-order valence-electron chi connectivity index (χ0n) is 29.3. The van der Waals surface area contributed by atoms with Crippen molar-refractivity contribution in [2.45, 2.75) is 128 Å². The van der Waals surface area contributed by atoms with Gasteiger partial charge in [0.25, 0.3) is 0 Å². The first-order valence-electron chi connectivity index (χ1n) is 17.7. The van der Waals surface area contributed by atoms with Gasteiger partial charge in [0.15, 0.2) is 5.79 Å². The largest absolute Gasteiger partial charge is 0.475 e. The predicted octanol–water partition coefficient (Wildman–Crippen LogP) is 6.10. The third-order valence-corrected chi connectivity index (χ3v) is 11.9. The van der Waals surface area contributed by atoms with Gasteiger partial charge >= 0.3 is 13.8 Å². The second-order valence-corrected chi connectivity index (χ2v) is 15.7. The fourth-order valence-corrected chi connectivity index (χ4v) is 9.01. The molecule has 1 spiro atoms. The number of allylic oxidation sites excluding steroid dienone is 4. The van der Waals surface area contributed by atoms with E-state index in [1.165, 1.54) is 11.6 Å². The summed E-state index contributed by atoms with van der Waals surface area (Å²) in [6.45, 7) is 11.7. The van der Waals surface area contributed by atoms with Gasteiger partial charge in [0, 0.05) is 19.3 Å². The van der Waals surface area contributed by atoms with Gasteiger partial charge in [-0.05, 0) is 69.4 Å². The van der Waals surface area contributed by atoms with Crippen LogP contribution in [-0.2, 0) is 41.9 Å². The summed E-state index contributed by atoms with van der Waals surface area (Å²) < 4.78 is 54.9. The van der Waals surface area contributed by atoms with E-state index in [9.17, 15) is 19.6 Å². The fourth-order valence-electron chi connectivity index (χ4n) is 7.85. The van der Waals surface area contributed by atoms with Crippen molar-refractivity contribution in [2.24, 2.45) is 17.8 Å². The number of carbonyl (C=O) groups excluding carboxylic acids is 1. The van der Waals surface area contributed by atoms with E-state index < -0.39 is 49.4 Å². The number of phosphoric acid groups is 1. The van der Waals surface area contributed by atoms with Crippen molar-refractivity contribution in [3.05, 3.63) is 47.1 Å². The molecule has 0 saturated carbocycles. The van der Waals surface area contributed by atoms with Crippen LogP contribution in [0, 0.1) is 17.8 Å². The van der Waals surface area contributed by atoms with E-state index in [0.29, 0.717) is 37.2 Å². The molecule has 5 aliphatic rings. The minimum atomic E-state index is -3.93. The zero-order valence-corrected chi connectivity index (χ0v) is 30.2. The summed E-state index contributed by atoms with van der Waals surface area (Å²) >= 11 is 0. The average molecular weight is 695 g/mol. The zero-order chi connectivity index (χ0) is 34.7. The first kappa shape index (κ1) is 37.6. The SMILES string of the molecule is CCOP(=O)(OCC)OCC1=C[C@H]2C(=O)O[C@H]3C[C@@H](C/C=C(\C)C[C@@H](C)/C=C/C=C4\CO[C@H]([C@@H]1O)[C@@]42O)O[C@@]1(CC[C@H](C)[C@@H](CC)O1)C3. The van der Waals surface area contributed by atoms with Crippen LogP contribution in [0.1, 0.15) is 86.5 Å². The van der Waals surface area contributed by atoms with Gasteiger partial charge in [0.1, 0.15) is 29.8 Å². The summed E-state index contributed by atoms with van der Waals surface area (Å²) in [5.74, 6) is -2.17. The third kappa shape index (κ3) is 8.11. The summed E-state index contributed by atoms with van der Waals surface area (Å²) in [7, 11) is -3.93. The molecular formula is C36H55O11P. The number of aliphatic hydroxyl groups is 2. The highest BCUT2D eigenvalue weighted by Crippen LogP contribution is 2.52. The molecule has 2 N–H and O–H groups in total. The summed E-state index contributed by atoms with van der Waals surface area (Å²) in [5, 5.41) is 23.8. The molecule has 270 valence electrons. The summed E-state index contributed by atoms with van der Waals surface area (Å²) in [4.78, 5) is 14.3. The van der Waals surface area contributed by atoms with Gasteiger partial charge in [0.2, 0.25) is 0 Å². The van der Waals surface area contributed by atoms with E-state index in [1.807, 2.05) is 6.08 Å². The maximum atomic E-state index is 14.3. The van der Waals surface area contributed by atoms with Crippen LogP contribution in [-0.4, -0.2) is 84.5 Å². The van der Waals surface area contributed by atoms with Crippen LogP contribution < -0.4 is 0 Å². The van der Waals surface area contributed by atoms with Crippen LogP contribution in [0.4, 0.5) is 0 Å². The predicted molar refractivity (Wildman–Crippen MR) is 179 cm³/mol. The monoisotopic (exact) mass is 694 g/mol. The molecule has 0 unspecified atom stereocenters. The van der Waals surface area contributed by atoms with Crippen molar-refractivity contribution < 1.29 is 52.1 Å². The first-order chi connectivity index (χ1) is 22.8. The van der Waals surface area contributed by atoms with Crippen LogP contribution in [0.2, 0.25) is 0 Å². The maximum Gasteiger partial charge on any atom is 0.475 e. The number of hydrogen-bond acceptors (Lipinski definition) is 11. The van der Waals surface area contributed by atoms with Crippen molar-refractivity contribution in [1.29, 1.82) is 0 Å². The average Bonchev–Trinajstić information content (AvgIpc) is 3.37. The van der Waals surface area contributed by atoms with Gasteiger partial charge in [-0.3, -0.25) is 18.4 Å². The number of esters is 1. The Morgan fingerprint density at radius 1 is 1.08 bits per heavy atom. The van der Waals surface area contributed by atoms with Gasteiger partial charge < -0.3 is 29.2 Å². The fraction of sp³-hybridized carbons (Fsp3) is 0.750. The van der Waals surface area contributed by atoms with Gasteiger partial charge in [-0.25, -0.2) is 4.57 Å². The molecule has 11 nitrogen and oxygen atoms in total. The molecule has 0 amide bonds. The Balaban J connectivity index is 1.51. The van der Waals surface area contributed by atoms with Crippen molar-refractivity contribution in [3.8, 4) is 0 Å². The highest BCUT2D eigenvalue weighted by molar-refractivity contribution is 7.48. The number of aliphatic hydroxyl groups excluding tert-OH is 1. The highest BCUT2D eigenvalue weighted by atomic mass is 31.2. The van der Waals surface area contributed by atoms with E-state index in [-0.39, 0.29) is 50.1 Å². The summed E-state index contributed by atoms with van der Waals surface area (Å²) in [6, 6.07) is 0. The van der Waals surface area contributed by atoms with Crippen LogP contribution >= 0.6 is 7.82 Å². The topological polar surface area (TPSA) is 139 Å². The molecule has 0 aromatic heterocycles. The standard InChI is InChI=1S/C36H55O11P/c1-7-31-25(6)15-16-35(47-31)20-29-19-28(46-35)14-13-24(5)17-23(4)11-10-12-27-22-41-33-32(37)26(18-30(34(38)45-29)36(27,33)39)21-44-48(40,42-8-2)43-9-3/h10-13,18,23,25,28-33,37,39H,7-9,14-17,19-22H2,1-6H3/b11-10+,24-13+,27-12+/t23-,25-,28+,29-,30-,31+,32+,33+,35+,36+/m0/s1. The van der Waals surface area contributed by atoms with Crippen molar-refractivity contribution in [3.63, 3.8) is 0 Å². The van der Waals surface area contributed by atoms with Gasteiger partial charge in [-0.2, -0.15) is 0 Å². The smallest absolute Gasteiger partial charge is 0.462 e. The molecule has 3 fully saturated rings. The van der Waals surface area contributed by atoms with E-state index in [1.54, 1.807) is 19.9 Å². The molecule has 0 aromatic carbocycles. The summed E-state index contributed by atoms with van der Waals surface area (Å²) in [5.41, 5.74) is 0.0164. The lowest BCUT2D eigenvalue weighted by atomic mass is 9.70. The van der Waals surface area contributed by atoms with E-state index in [4.69, 9.17) is 32.5 Å². The molecule has 4 heterocycles. The number of carbonyl (C=O) groups is 1. The van der Waals surface area contributed by atoms with Crippen LogP contribution in [0.15, 0.2) is 47.1 Å². The first-order valence-corrected chi connectivity index (χ1v) is 19.2. The van der Waals surface area contributed by atoms with Crippen LogP contribution in [0.3, 0.4) is 0 Å². The Labute approximate surface area is 285 Å². The minimum absolute atomic E-state index is 0.00487. The Kier molecular flexibility index (Phi) is 12.3. The second kappa shape index (κ2) is 15.7. The number of rotatable bonds is 8. The number of fused-ring (bicyclic) bond motifs is 2. The minimum Gasteiger partial charge on any atom is -0.462 e. The molecule has 1 aliphatic carbocycles. The van der Waals surface area contributed by atoms with Crippen molar-refractivity contribution in [1.82, 2.24) is 0 Å². The van der Waals surface area contributed by atoms with Crippen LogP contribution in [0.5, 0.6) is 0 Å². The van der Waals surface area contributed by atoms with Gasteiger partial charge in [-0.1, -0.05) is 56.7 Å². The molecule has 10 atom stereocenters. The lowest BCUT2D eigenvalue weighted by molar-refractivity contribution is -0.335. The number of phosphoric ester groups is 1. The normalized spacial score (nSPS) is 42.2. The molecular weight excluding hydrogens is 639 g/mol. The molecule has 0 aromatic rings. The van der Waals surface area contributed by atoms with E-state index in [2.05, 4.69) is 39.8 Å². The molecule has 12 heteroatoms. The Hall–Kier alpha value is -1.66. The van der Waals surface area contributed by atoms with Crippen molar-refractivity contribution in [2.75, 3.05) is 26.4 Å². The quantitative estimate of drug-likeness (QED) is 0.173. The van der Waals surface area contributed by atoms with E-state index in [0.717, 1.165) is 19.3 Å². The van der Waals surface area contributed by atoms with Crippen molar-refractivity contribution >= 4 is 13.8 Å². The molecule has 48 heavy (non-hydrogen) atoms. The Morgan fingerprint density at radius 3 is 2.54 bits per heavy atom. The van der Waals surface area contributed by atoms with Gasteiger partial charge in [0.05, 0.1) is 38.6 Å². The van der Waals surface area contributed by atoms with Crippen LogP contribution in [0.25, 0.3) is 0 Å². The highest BCUT2D eigenvalue weighted by Gasteiger charge is 2.60. The lowest BCUT2D eigenvalue weighted by Crippen LogP contribution is -2.58. The second-order valence-electron chi connectivity index (χ2n) is 14.1. The third-order valence-electron chi connectivity index (χ3n) is 10.3. The lowest BCUT2D eigenvalue weighted by Gasteiger charge is -2.50. The Bertz CT molecular complexity index is 1310.